The fourth-order valence-corrected chi connectivity index (χ4v) is 2.69. The number of hydrogen-bond acceptors (Lipinski definition) is 5. The predicted molar refractivity (Wildman–Crippen MR) is 113 cm³/mol. The third-order valence-electron chi connectivity index (χ3n) is 4.25. The second-order valence-corrected chi connectivity index (χ2v) is 7.16. The zero-order valence-electron chi connectivity index (χ0n) is 17.5. The second-order valence-electron chi connectivity index (χ2n) is 7.16. The summed E-state index contributed by atoms with van der Waals surface area (Å²) >= 11 is 0. The lowest BCUT2D eigenvalue weighted by molar-refractivity contribution is 0.0378. The number of benzene rings is 2. The molecule has 0 N–H and O–H groups in total. The monoisotopic (exact) mass is 398 g/mol. The quantitative estimate of drug-likeness (QED) is 0.271. The predicted octanol–water partition coefficient (Wildman–Crippen LogP) is 5.82. The fourth-order valence-electron chi connectivity index (χ4n) is 2.69. The highest BCUT2D eigenvalue weighted by atomic mass is 16.5. The van der Waals surface area contributed by atoms with Crippen LogP contribution in [0.3, 0.4) is 0 Å². The van der Waals surface area contributed by atoms with Crippen LogP contribution in [0.15, 0.2) is 48.5 Å². The van der Waals surface area contributed by atoms with Crippen LogP contribution in [0, 0.1) is 0 Å². The van der Waals surface area contributed by atoms with E-state index in [2.05, 4.69) is 6.92 Å². The van der Waals surface area contributed by atoms with Gasteiger partial charge in [0.05, 0.1) is 23.8 Å². The molecule has 0 aliphatic rings. The molecule has 0 saturated heterocycles. The van der Waals surface area contributed by atoms with E-state index in [9.17, 15) is 9.59 Å². The van der Waals surface area contributed by atoms with E-state index in [1.54, 1.807) is 62.4 Å². The molecule has 0 unspecified atom stereocenters. The molecule has 0 fully saturated rings. The molecule has 156 valence electrons. The van der Waals surface area contributed by atoms with Gasteiger partial charge < -0.3 is 14.2 Å². The Kier molecular flexibility index (Phi) is 9.22. The first-order valence-corrected chi connectivity index (χ1v) is 10.3. The normalized spacial score (nSPS) is 10.6. The van der Waals surface area contributed by atoms with Gasteiger partial charge in [-0.25, -0.2) is 9.59 Å². The average molecular weight is 398 g/mol. The molecule has 2 rings (SSSR count). The molecule has 0 heterocycles. The molecule has 2 aromatic rings. The number of carbonyl (C=O) groups is 2. The van der Waals surface area contributed by atoms with Crippen molar-refractivity contribution in [3.63, 3.8) is 0 Å². The van der Waals surface area contributed by atoms with E-state index >= 15 is 0 Å². The van der Waals surface area contributed by atoms with Crippen LogP contribution in [0.2, 0.25) is 0 Å². The van der Waals surface area contributed by atoms with Crippen LogP contribution >= 0.6 is 0 Å². The summed E-state index contributed by atoms with van der Waals surface area (Å²) in [6.07, 6.45) is 5.75. The van der Waals surface area contributed by atoms with Crippen LogP contribution < -0.4 is 9.47 Å². The molecular formula is C24H30O5. The van der Waals surface area contributed by atoms with Gasteiger partial charge in [-0.05, 0) is 68.8 Å². The maximum atomic E-state index is 12.3. The van der Waals surface area contributed by atoms with Gasteiger partial charge >= 0.3 is 11.9 Å². The van der Waals surface area contributed by atoms with Crippen molar-refractivity contribution in [1.82, 2.24) is 0 Å². The van der Waals surface area contributed by atoms with Crippen molar-refractivity contribution in [3.8, 4) is 11.5 Å². The lowest BCUT2D eigenvalue weighted by Crippen LogP contribution is -2.12. The number of carbonyl (C=O) groups excluding carboxylic acids is 2. The Bertz CT molecular complexity index is 763. The number of ether oxygens (including phenoxy) is 3. The van der Waals surface area contributed by atoms with Crippen molar-refractivity contribution in [2.75, 3.05) is 6.61 Å². The number of hydrogen-bond donors (Lipinski definition) is 0. The van der Waals surface area contributed by atoms with Gasteiger partial charge in [0, 0.05) is 0 Å². The minimum absolute atomic E-state index is 0.187. The summed E-state index contributed by atoms with van der Waals surface area (Å²) in [6, 6.07) is 13.2. The summed E-state index contributed by atoms with van der Waals surface area (Å²) in [6.45, 7) is 6.46. The smallest absolute Gasteiger partial charge is 0.343 e. The molecular weight excluding hydrogens is 368 g/mol. The van der Waals surface area contributed by atoms with Crippen LogP contribution in [0.1, 0.15) is 73.6 Å². The van der Waals surface area contributed by atoms with Crippen LogP contribution in [0.4, 0.5) is 0 Å². The SMILES string of the molecule is CCCCCCCOc1ccc(C(=O)Oc2ccc(C(=O)OC(C)C)cc2)cc1. The molecule has 0 radical (unpaired) electrons. The highest BCUT2D eigenvalue weighted by Gasteiger charge is 2.12. The highest BCUT2D eigenvalue weighted by Crippen LogP contribution is 2.18. The zero-order chi connectivity index (χ0) is 21.1. The fraction of sp³-hybridized carbons (Fsp3) is 0.417. The molecule has 0 saturated carbocycles. The van der Waals surface area contributed by atoms with Gasteiger partial charge in [-0.15, -0.1) is 0 Å². The van der Waals surface area contributed by atoms with E-state index < -0.39 is 11.9 Å². The summed E-state index contributed by atoms with van der Waals surface area (Å²) < 4.78 is 16.2. The lowest BCUT2D eigenvalue weighted by Gasteiger charge is -2.09. The van der Waals surface area contributed by atoms with E-state index in [0.717, 1.165) is 12.2 Å². The minimum Gasteiger partial charge on any atom is -0.494 e. The zero-order valence-corrected chi connectivity index (χ0v) is 17.5. The van der Waals surface area contributed by atoms with Crippen molar-refractivity contribution in [3.05, 3.63) is 59.7 Å². The molecule has 0 aliphatic carbocycles. The Labute approximate surface area is 173 Å². The molecule has 5 heteroatoms. The first-order chi connectivity index (χ1) is 14.0. The summed E-state index contributed by atoms with van der Waals surface area (Å²) in [7, 11) is 0. The van der Waals surface area contributed by atoms with E-state index in [4.69, 9.17) is 14.2 Å². The molecule has 2 aromatic carbocycles. The van der Waals surface area contributed by atoms with E-state index in [0.29, 0.717) is 23.5 Å². The van der Waals surface area contributed by atoms with Gasteiger partial charge in [-0.2, -0.15) is 0 Å². The van der Waals surface area contributed by atoms with Crippen LogP contribution in [-0.4, -0.2) is 24.6 Å². The molecule has 0 spiro atoms. The molecule has 29 heavy (non-hydrogen) atoms. The van der Waals surface area contributed by atoms with Gasteiger partial charge in [0.25, 0.3) is 0 Å². The highest BCUT2D eigenvalue weighted by molar-refractivity contribution is 5.92. The van der Waals surface area contributed by atoms with E-state index in [1.807, 2.05) is 0 Å². The van der Waals surface area contributed by atoms with Gasteiger partial charge in [0.15, 0.2) is 0 Å². The maximum absolute atomic E-state index is 12.3. The van der Waals surface area contributed by atoms with Crippen molar-refractivity contribution >= 4 is 11.9 Å². The van der Waals surface area contributed by atoms with Crippen LogP contribution in [0.5, 0.6) is 11.5 Å². The van der Waals surface area contributed by atoms with E-state index in [1.165, 1.54) is 25.7 Å². The third-order valence-corrected chi connectivity index (χ3v) is 4.25. The Morgan fingerprint density at radius 2 is 1.31 bits per heavy atom. The first-order valence-electron chi connectivity index (χ1n) is 10.3. The van der Waals surface area contributed by atoms with Gasteiger partial charge in [0.2, 0.25) is 0 Å². The van der Waals surface area contributed by atoms with Crippen molar-refractivity contribution < 1.29 is 23.8 Å². The molecule has 0 bridgehead atoms. The van der Waals surface area contributed by atoms with Crippen molar-refractivity contribution in [1.29, 1.82) is 0 Å². The van der Waals surface area contributed by atoms with Gasteiger partial charge in [0.1, 0.15) is 11.5 Å². The van der Waals surface area contributed by atoms with Crippen molar-refractivity contribution in [2.45, 2.75) is 59.0 Å². The summed E-state index contributed by atoms with van der Waals surface area (Å²) in [5.41, 5.74) is 0.846. The van der Waals surface area contributed by atoms with E-state index in [-0.39, 0.29) is 6.10 Å². The standard InChI is InChI=1S/C24H30O5/c1-4-5-6-7-8-17-27-21-13-9-20(10-14-21)24(26)29-22-15-11-19(12-16-22)23(25)28-18(2)3/h9-16,18H,4-8,17H2,1-3H3. The second kappa shape index (κ2) is 11.9. The van der Waals surface area contributed by atoms with Gasteiger partial charge in [-0.3, -0.25) is 0 Å². The molecule has 0 atom stereocenters. The molecule has 0 aromatic heterocycles. The third kappa shape index (κ3) is 7.98. The summed E-state index contributed by atoms with van der Waals surface area (Å²) in [5, 5.41) is 0. The van der Waals surface area contributed by atoms with Crippen LogP contribution in [0.25, 0.3) is 0 Å². The largest absolute Gasteiger partial charge is 0.494 e. The summed E-state index contributed by atoms with van der Waals surface area (Å²) in [4.78, 5) is 24.1. The lowest BCUT2D eigenvalue weighted by atomic mass is 10.2. The average Bonchev–Trinajstić information content (AvgIpc) is 2.71. The molecule has 0 amide bonds. The summed E-state index contributed by atoms with van der Waals surface area (Å²) in [5.74, 6) is 0.237. The van der Waals surface area contributed by atoms with Crippen LogP contribution in [-0.2, 0) is 4.74 Å². The minimum atomic E-state index is -0.464. The molecule has 0 aliphatic heterocycles. The Balaban J connectivity index is 1.82. The van der Waals surface area contributed by atoms with Crippen molar-refractivity contribution in [2.24, 2.45) is 0 Å². The number of rotatable bonds is 11. The maximum Gasteiger partial charge on any atom is 0.343 e. The number of unbranched alkanes of at least 4 members (excludes halogenated alkanes) is 4. The Morgan fingerprint density at radius 3 is 1.90 bits per heavy atom. The number of esters is 2. The Hall–Kier alpha value is -2.82. The first kappa shape index (κ1) is 22.5. The molecule has 5 nitrogen and oxygen atoms in total. The van der Waals surface area contributed by atoms with Gasteiger partial charge in [-0.1, -0.05) is 32.6 Å². The Morgan fingerprint density at radius 1 is 0.759 bits per heavy atom. The topological polar surface area (TPSA) is 61.8 Å².